The van der Waals surface area contributed by atoms with Crippen molar-refractivity contribution in [3.8, 4) is 17.6 Å². The van der Waals surface area contributed by atoms with Gasteiger partial charge >= 0.3 is 0 Å². The molecule has 8 nitrogen and oxygen atoms in total. The lowest BCUT2D eigenvalue weighted by atomic mass is 9.87. The topological polar surface area (TPSA) is 93.1 Å². The van der Waals surface area contributed by atoms with Gasteiger partial charge in [0.25, 0.3) is 0 Å². The second kappa shape index (κ2) is 16.2. The van der Waals surface area contributed by atoms with Crippen molar-refractivity contribution < 1.29 is 23.7 Å². The molecule has 0 aromatic heterocycles. The van der Waals surface area contributed by atoms with E-state index in [4.69, 9.17) is 18.9 Å². The minimum Gasteiger partial charge on any atom is -0.494 e. The van der Waals surface area contributed by atoms with Gasteiger partial charge in [-0.3, -0.25) is 4.79 Å². The number of amides is 1. The first-order valence-corrected chi connectivity index (χ1v) is 15.7. The maximum atomic E-state index is 12.7. The number of benzene rings is 3. The molecule has 3 aromatic carbocycles. The van der Waals surface area contributed by atoms with Crippen LogP contribution in [0.5, 0.6) is 11.5 Å². The van der Waals surface area contributed by atoms with Crippen molar-refractivity contribution in [2.24, 2.45) is 0 Å². The SMILES string of the molecule is COCCCN1C(=O)CCc2ccc(COC3CNCCC3c3ccc(OCCCCOc4ccccc4C#N)cc3)cc21. The van der Waals surface area contributed by atoms with E-state index in [2.05, 4.69) is 41.7 Å². The number of nitrogens with zero attached hydrogens (tertiary/aromatic N) is 2. The standard InChI is InChI=1S/C36H43N3O5/c1-41-20-6-19-39-33-23-27(9-10-29(33)13-16-36(39)40)26-44-35-25-38-18-17-32(35)28-11-14-31(15-12-28)42-21-4-5-22-43-34-8-3-2-7-30(34)24-37/h2-3,7-12,14-15,23,32,35,38H,4-6,13,16-22,25-26H2,1H3. The van der Waals surface area contributed by atoms with E-state index in [9.17, 15) is 10.1 Å². The number of ether oxygens (including phenoxy) is 4. The number of carbonyl (C=O) groups excluding carboxylic acids is 1. The Hall–Kier alpha value is -3.90. The first-order chi connectivity index (χ1) is 21.7. The van der Waals surface area contributed by atoms with Crippen molar-refractivity contribution in [1.29, 1.82) is 5.26 Å². The zero-order valence-electron chi connectivity index (χ0n) is 25.6. The highest BCUT2D eigenvalue weighted by atomic mass is 16.5. The van der Waals surface area contributed by atoms with Gasteiger partial charge in [0.2, 0.25) is 5.91 Å². The molecule has 5 rings (SSSR count). The summed E-state index contributed by atoms with van der Waals surface area (Å²) in [5.41, 5.74) is 5.14. The average Bonchev–Trinajstić information content (AvgIpc) is 3.07. The molecule has 0 spiro atoms. The summed E-state index contributed by atoms with van der Waals surface area (Å²) in [5.74, 6) is 1.96. The second-order valence-corrected chi connectivity index (χ2v) is 11.4. The Bertz CT molecular complexity index is 1400. The predicted molar refractivity (Wildman–Crippen MR) is 170 cm³/mol. The van der Waals surface area contributed by atoms with Gasteiger partial charge in [0.15, 0.2) is 0 Å². The van der Waals surface area contributed by atoms with Crippen molar-refractivity contribution in [2.45, 2.75) is 57.2 Å². The number of hydrogen-bond donors (Lipinski definition) is 1. The highest BCUT2D eigenvalue weighted by Crippen LogP contribution is 2.32. The molecule has 44 heavy (non-hydrogen) atoms. The Labute approximate surface area is 260 Å². The molecule has 0 bridgehead atoms. The molecule has 1 saturated heterocycles. The number of nitrogens with one attached hydrogen (secondary N) is 1. The van der Waals surface area contributed by atoms with E-state index in [1.165, 1.54) is 11.1 Å². The number of methoxy groups -OCH3 is 1. The third kappa shape index (κ3) is 8.38. The van der Waals surface area contributed by atoms with Crippen molar-refractivity contribution in [1.82, 2.24) is 5.32 Å². The van der Waals surface area contributed by atoms with E-state index < -0.39 is 0 Å². The Morgan fingerprint density at radius 2 is 1.77 bits per heavy atom. The van der Waals surface area contributed by atoms with E-state index in [0.29, 0.717) is 56.6 Å². The minimum atomic E-state index is 0.0529. The molecule has 232 valence electrons. The minimum absolute atomic E-state index is 0.0529. The van der Waals surface area contributed by atoms with E-state index in [1.807, 2.05) is 35.2 Å². The van der Waals surface area contributed by atoms with Crippen LogP contribution in [0.25, 0.3) is 0 Å². The molecule has 0 saturated carbocycles. The molecular weight excluding hydrogens is 554 g/mol. The maximum Gasteiger partial charge on any atom is 0.227 e. The summed E-state index contributed by atoms with van der Waals surface area (Å²) in [4.78, 5) is 14.6. The Morgan fingerprint density at radius 1 is 0.955 bits per heavy atom. The number of fused-ring (bicyclic) bond motifs is 1. The number of aryl methyl sites for hydroxylation is 1. The molecule has 2 aliphatic rings. The Morgan fingerprint density at radius 3 is 2.59 bits per heavy atom. The van der Waals surface area contributed by atoms with Gasteiger partial charge in [-0.05, 0) is 85.7 Å². The second-order valence-electron chi connectivity index (χ2n) is 11.4. The molecule has 1 N–H and O–H groups in total. The summed E-state index contributed by atoms with van der Waals surface area (Å²) >= 11 is 0. The van der Waals surface area contributed by atoms with Gasteiger partial charge in [-0.25, -0.2) is 0 Å². The largest absolute Gasteiger partial charge is 0.494 e. The van der Waals surface area contributed by atoms with Crippen LogP contribution in [0.15, 0.2) is 66.7 Å². The number of rotatable bonds is 15. The maximum absolute atomic E-state index is 12.7. The number of anilines is 1. The molecule has 3 aromatic rings. The molecule has 2 aliphatic heterocycles. The normalized spacial score (nSPS) is 18.0. The zero-order valence-corrected chi connectivity index (χ0v) is 25.6. The van der Waals surface area contributed by atoms with Crippen LogP contribution in [0, 0.1) is 11.3 Å². The van der Waals surface area contributed by atoms with Crippen LogP contribution in [0.4, 0.5) is 5.69 Å². The number of carbonyl (C=O) groups is 1. The molecular formula is C36H43N3O5. The van der Waals surface area contributed by atoms with Crippen LogP contribution in [0.3, 0.4) is 0 Å². The number of nitriles is 1. The quantitative estimate of drug-likeness (QED) is 0.222. The highest BCUT2D eigenvalue weighted by molar-refractivity contribution is 5.96. The summed E-state index contributed by atoms with van der Waals surface area (Å²) in [6.07, 6.45) is 4.93. The van der Waals surface area contributed by atoms with E-state index in [-0.39, 0.29) is 12.0 Å². The average molecular weight is 598 g/mol. The fourth-order valence-corrected chi connectivity index (χ4v) is 5.95. The van der Waals surface area contributed by atoms with Gasteiger partial charge in [0.1, 0.15) is 17.6 Å². The lowest BCUT2D eigenvalue weighted by Crippen LogP contribution is -2.41. The van der Waals surface area contributed by atoms with Gasteiger partial charge in [-0.1, -0.05) is 36.4 Å². The monoisotopic (exact) mass is 597 g/mol. The van der Waals surface area contributed by atoms with Crippen LogP contribution in [0.2, 0.25) is 0 Å². The molecule has 8 heteroatoms. The molecule has 2 atom stereocenters. The van der Waals surface area contributed by atoms with E-state index >= 15 is 0 Å². The summed E-state index contributed by atoms with van der Waals surface area (Å²) < 4.78 is 23.5. The predicted octanol–water partition coefficient (Wildman–Crippen LogP) is 5.77. The van der Waals surface area contributed by atoms with Crippen LogP contribution >= 0.6 is 0 Å². The lowest BCUT2D eigenvalue weighted by Gasteiger charge is -2.33. The molecule has 0 aliphatic carbocycles. The summed E-state index contributed by atoms with van der Waals surface area (Å²) in [6.45, 7) is 4.74. The van der Waals surface area contributed by atoms with Gasteiger partial charge in [0.05, 0.1) is 31.5 Å². The number of para-hydroxylation sites is 1. The molecule has 2 unspecified atom stereocenters. The van der Waals surface area contributed by atoms with Crippen LogP contribution in [0.1, 0.15) is 60.3 Å². The Kier molecular flexibility index (Phi) is 11.6. The van der Waals surface area contributed by atoms with E-state index in [1.54, 1.807) is 13.2 Å². The summed E-state index contributed by atoms with van der Waals surface area (Å²) in [7, 11) is 1.69. The number of hydrogen-bond acceptors (Lipinski definition) is 7. The first kappa shape index (κ1) is 31.5. The van der Waals surface area contributed by atoms with Crippen LogP contribution in [-0.4, -0.2) is 58.6 Å². The van der Waals surface area contributed by atoms with Crippen molar-refractivity contribution >= 4 is 11.6 Å². The van der Waals surface area contributed by atoms with Crippen LogP contribution in [-0.2, 0) is 27.3 Å². The first-order valence-electron chi connectivity index (χ1n) is 15.7. The summed E-state index contributed by atoms with van der Waals surface area (Å²) in [6, 6.07) is 24.3. The fourth-order valence-electron chi connectivity index (χ4n) is 5.95. The molecule has 1 amide bonds. The van der Waals surface area contributed by atoms with Crippen molar-refractivity contribution in [2.75, 3.05) is 51.5 Å². The Balaban J connectivity index is 1.10. The highest BCUT2D eigenvalue weighted by Gasteiger charge is 2.28. The number of unbranched alkanes of at least 4 members (excludes halogenated alkanes) is 1. The summed E-state index contributed by atoms with van der Waals surface area (Å²) in [5, 5.41) is 12.7. The fraction of sp³-hybridized carbons (Fsp3) is 0.444. The van der Waals surface area contributed by atoms with Gasteiger partial charge in [0, 0.05) is 44.8 Å². The van der Waals surface area contributed by atoms with Crippen molar-refractivity contribution in [3.63, 3.8) is 0 Å². The molecule has 0 radical (unpaired) electrons. The smallest absolute Gasteiger partial charge is 0.227 e. The zero-order chi connectivity index (χ0) is 30.6. The lowest BCUT2D eigenvalue weighted by molar-refractivity contribution is -0.118. The van der Waals surface area contributed by atoms with Crippen molar-refractivity contribution in [3.05, 3.63) is 89.0 Å². The van der Waals surface area contributed by atoms with Crippen LogP contribution < -0.4 is 19.7 Å². The van der Waals surface area contributed by atoms with Gasteiger partial charge in [-0.15, -0.1) is 0 Å². The third-order valence-corrected chi connectivity index (χ3v) is 8.35. The van der Waals surface area contributed by atoms with Gasteiger partial charge < -0.3 is 29.2 Å². The van der Waals surface area contributed by atoms with Gasteiger partial charge in [-0.2, -0.15) is 5.26 Å². The third-order valence-electron chi connectivity index (χ3n) is 8.35. The van der Waals surface area contributed by atoms with E-state index in [0.717, 1.165) is 62.2 Å². The molecule has 2 heterocycles. The number of piperidine rings is 1. The molecule has 1 fully saturated rings.